The molecule has 1 aromatic rings. The normalized spacial score (nSPS) is 9.87. The maximum absolute atomic E-state index is 10.9. The number of methoxy groups -OCH3 is 2. The minimum Gasteiger partial charge on any atom is -0.493 e. The van der Waals surface area contributed by atoms with Crippen LogP contribution in [0.1, 0.15) is 22.8 Å². The van der Waals surface area contributed by atoms with Crippen LogP contribution in [0.3, 0.4) is 0 Å². The van der Waals surface area contributed by atoms with E-state index in [-0.39, 0.29) is 0 Å². The van der Waals surface area contributed by atoms with Gasteiger partial charge < -0.3 is 9.47 Å². The summed E-state index contributed by atoms with van der Waals surface area (Å²) in [6.07, 6.45) is 1.42. The van der Waals surface area contributed by atoms with Crippen LogP contribution in [-0.2, 0) is 6.42 Å². The summed E-state index contributed by atoms with van der Waals surface area (Å²) in [4.78, 5) is 10.9. The van der Waals surface area contributed by atoms with E-state index in [1.807, 2.05) is 6.92 Å². The van der Waals surface area contributed by atoms with Crippen molar-refractivity contribution in [1.82, 2.24) is 0 Å². The lowest BCUT2D eigenvalue weighted by atomic mass is 10.1. The van der Waals surface area contributed by atoms with Gasteiger partial charge in [-0.1, -0.05) is 18.5 Å². The Morgan fingerprint density at radius 3 is 2.47 bits per heavy atom. The molecular weight excluding hydrogens is 216 g/mol. The molecule has 0 aliphatic rings. The topological polar surface area (TPSA) is 35.5 Å². The average molecular weight is 229 g/mol. The third-order valence-corrected chi connectivity index (χ3v) is 2.66. The van der Waals surface area contributed by atoms with Gasteiger partial charge in [-0.3, -0.25) is 4.79 Å². The SMILES string of the molecule is CCc1cc(OC)c(OC)c(C=O)c1Cl. The van der Waals surface area contributed by atoms with E-state index in [1.54, 1.807) is 6.07 Å². The Labute approximate surface area is 93.9 Å². The van der Waals surface area contributed by atoms with Crippen molar-refractivity contribution in [2.75, 3.05) is 14.2 Å². The summed E-state index contributed by atoms with van der Waals surface area (Å²) in [7, 11) is 3.01. The number of benzene rings is 1. The molecule has 0 heterocycles. The molecule has 0 fully saturated rings. The number of aldehydes is 1. The van der Waals surface area contributed by atoms with Crippen LogP contribution in [0.25, 0.3) is 0 Å². The zero-order valence-corrected chi connectivity index (χ0v) is 9.72. The highest BCUT2D eigenvalue weighted by atomic mass is 35.5. The Balaban J connectivity index is 3.49. The van der Waals surface area contributed by atoms with Crippen molar-refractivity contribution in [3.8, 4) is 11.5 Å². The number of aryl methyl sites for hydroxylation is 1. The van der Waals surface area contributed by atoms with Crippen LogP contribution in [0.5, 0.6) is 11.5 Å². The maximum atomic E-state index is 10.9. The van der Waals surface area contributed by atoms with Gasteiger partial charge in [0.25, 0.3) is 0 Å². The van der Waals surface area contributed by atoms with Gasteiger partial charge in [-0.2, -0.15) is 0 Å². The van der Waals surface area contributed by atoms with Crippen molar-refractivity contribution in [2.24, 2.45) is 0 Å². The van der Waals surface area contributed by atoms with Gasteiger partial charge in [0.05, 0.1) is 24.8 Å². The number of hydrogen-bond donors (Lipinski definition) is 0. The lowest BCUT2D eigenvalue weighted by molar-refractivity contribution is 0.112. The summed E-state index contributed by atoms with van der Waals surface area (Å²) >= 11 is 6.06. The second kappa shape index (κ2) is 5.03. The lowest BCUT2D eigenvalue weighted by Crippen LogP contribution is -1.99. The molecule has 15 heavy (non-hydrogen) atoms. The van der Waals surface area contributed by atoms with Crippen LogP contribution in [0.2, 0.25) is 5.02 Å². The van der Waals surface area contributed by atoms with Gasteiger partial charge in [0.2, 0.25) is 0 Å². The van der Waals surface area contributed by atoms with Gasteiger partial charge in [-0.25, -0.2) is 0 Å². The van der Waals surface area contributed by atoms with Crippen LogP contribution < -0.4 is 9.47 Å². The molecule has 0 aliphatic heterocycles. The van der Waals surface area contributed by atoms with Crippen LogP contribution in [0, 0.1) is 0 Å². The molecule has 3 nitrogen and oxygen atoms in total. The minimum absolute atomic E-state index is 0.343. The molecule has 0 aromatic heterocycles. The molecule has 82 valence electrons. The molecule has 1 rings (SSSR count). The highest BCUT2D eigenvalue weighted by Gasteiger charge is 2.16. The fourth-order valence-corrected chi connectivity index (χ4v) is 1.74. The Bertz CT molecular complexity index is 375. The average Bonchev–Trinajstić information content (AvgIpc) is 2.28. The molecule has 0 unspecified atom stereocenters. The summed E-state index contributed by atoms with van der Waals surface area (Å²) in [5.41, 5.74) is 1.21. The van der Waals surface area contributed by atoms with E-state index in [1.165, 1.54) is 14.2 Å². The van der Waals surface area contributed by atoms with Crippen molar-refractivity contribution < 1.29 is 14.3 Å². The molecule has 4 heteroatoms. The van der Waals surface area contributed by atoms with Crippen molar-refractivity contribution in [3.63, 3.8) is 0 Å². The first-order valence-corrected chi connectivity index (χ1v) is 4.95. The molecule has 1 aromatic carbocycles. The molecule has 0 bridgehead atoms. The Kier molecular flexibility index (Phi) is 3.97. The summed E-state index contributed by atoms with van der Waals surface area (Å²) < 4.78 is 10.2. The van der Waals surface area contributed by atoms with E-state index in [0.717, 1.165) is 12.0 Å². The Hall–Kier alpha value is -1.22. The van der Waals surface area contributed by atoms with E-state index in [2.05, 4.69) is 0 Å². The van der Waals surface area contributed by atoms with E-state index < -0.39 is 0 Å². The van der Waals surface area contributed by atoms with E-state index in [4.69, 9.17) is 21.1 Å². The molecule has 0 radical (unpaired) electrons. The van der Waals surface area contributed by atoms with Crippen LogP contribution in [0.15, 0.2) is 6.07 Å². The maximum Gasteiger partial charge on any atom is 0.172 e. The number of halogens is 1. The predicted molar refractivity (Wildman–Crippen MR) is 59.3 cm³/mol. The monoisotopic (exact) mass is 228 g/mol. The van der Waals surface area contributed by atoms with Crippen molar-refractivity contribution in [2.45, 2.75) is 13.3 Å². The van der Waals surface area contributed by atoms with Crippen molar-refractivity contribution in [3.05, 3.63) is 22.2 Å². The van der Waals surface area contributed by atoms with Gasteiger partial charge in [-0.05, 0) is 18.1 Å². The first-order valence-electron chi connectivity index (χ1n) is 4.58. The van der Waals surface area contributed by atoms with Crippen LogP contribution >= 0.6 is 11.6 Å². The quantitative estimate of drug-likeness (QED) is 0.744. The number of ether oxygens (including phenoxy) is 2. The fourth-order valence-electron chi connectivity index (χ4n) is 1.42. The minimum atomic E-state index is 0.343. The van der Waals surface area contributed by atoms with Crippen LogP contribution in [-0.4, -0.2) is 20.5 Å². The van der Waals surface area contributed by atoms with Crippen molar-refractivity contribution in [1.29, 1.82) is 0 Å². The highest BCUT2D eigenvalue weighted by Crippen LogP contribution is 2.37. The second-order valence-corrected chi connectivity index (χ2v) is 3.35. The zero-order valence-electron chi connectivity index (χ0n) is 8.96. The third-order valence-electron chi connectivity index (χ3n) is 2.21. The molecular formula is C11H13ClO3. The first-order chi connectivity index (χ1) is 7.19. The molecule has 0 N–H and O–H groups in total. The van der Waals surface area contributed by atoms with Crippen molar-refractivity contribution >= 4 is 17.9 Å². The largest absolute Gasteiger partial charge is 0.493 e. The molecule has 0 saturated carbocycles. The summed E-state index contributed by atoms with van der Waals surface area (Å²) in [6.45, 7) is 1.96. The molecule has 0 amide bonds. The van der Waals surface area contributed by atoms with Crippen LogP contribution in [0.4, 0.5) is 0 Å². The Morgan fingerprint density at radius 2 is 2.07 bits per heavy atom. The summed E-state index contributed by atoms with van der Waals surface area (Å²) in [5, 5.41) is 0.435. The fraction of sp³-hybridized carbons (Fsp3) is 0.364. The number of hydrogen-bond acceptors (Lipinski definition) is 3. The van der Waals surface area contributed by atoms with Gasteiger partial charge in [0.15, 0.2) is 17.8 Å². The summed E-state index contributed by atoms with van der Waals surface area (Å²) in [6, 6.07) is 1.79. The molecule has 0 aliphatic carbocycles. The highest BCUT2D eigenvalue weighted by molar-refractivity contribution is 6.34. The second-order valence-electron chi connectivity index (χ2n) is 2.97. The molecule has 0 spiro atoms. The van der Waals surface area contributed by atoms with E-state index in [9.17, 15) is 4.79 Å². The van der Waals surface area contributed by atoms with Gasteiger partial charge in [0.1, 0.15) is 0 Å². The standard InChI is InChI=1S/C11H13ClO3/c1-4-7-5-9(14-2)11(15-3)8(6-13)10(7)12/h5-6H,4H2,1-3H3. The van der Waals surface area contributed by atoms with Gasteiger partial charge in [-0.15, -0.1) is 0 Å². The lowest BCUT2D eigenvalue weighted by Gasteiger charge is -2.13. The van der Waals surface area contributed by atoms with E-state index in [0.29, 0.717) is 28.4 Å². The van der Waals surface area contributed by atoms with Gasteiger partial charge >= 0.3 is 0 Å². The first kappa shape index (κ1) is 11.9. The number of carbonyl (C=O) groups excluding carboxylic acids is 1. The summed E-state index contributed by atoms with van der Waals surface area (Å²) in [5.74, 6) is 0.913. The Morgan fingerprint density at radius 1 is 1.40 bits per heavy atom. The molecule has 0 atom stereocenters. The predicted octanol–water partition coefficient (Wildman–Crippen LogP) is 2.73. The molecule has 0 saturated heterocycles. The third kappa shape index (κ3) is 2.07. The van der Waals surface area contributed by atoms with E-state index >= 15 is 0 Å². The number of rotatable bonds is 4. The smallest absolute Gasteiger partial charge is 0.172 e. The van der Waals surface area contributed by atoms with Gasteiger partial charge in [0, 0.05) is 0 Å². The zero-order chi connectivity index (χ0) is 11.4. The number of carbonyl (C=O) groups is 1.